The number of halogens is 2. The third-order valence-corrected chi connectivity index (χ3v) is 3.85. The van der Waals surface area contributed by atoms with E-state index >= 15 is 0 Å². The van der Waals surface area contributed by atoms with E-state index in [0.717, 1.165) is 10.2 Å². The van der Waals surface area contributed by atoms with Crippen LogP contribution in [0.2, 0.25) is 10.0 Å². The normalized spacial score (nSPS) is 10.7. The number of rotatable bonds is 3. The van der Waals surface area contributed by atoms with Gasteiger partial charge in [0.2, 0.25) is 5.88 Å². The van der Waals surface area contributed by atoms with Crippen molar-refractivity contribution in [1.82, 2.24) is 19.7 Å². The van der Waals surface area contributed by atoms with Crippen molar-refractivity contribution in [3.63, 3.8) is 0 Å². The molecule has 0 aliphatic rings. The van der Waals surface area contributed by atoms with Gasteiger partial charge in [-0.1, -0.05) is 35.3 Å². The molecule has 2 aromatic heterocycles. The molecule has 0 atom stereocenters. The average molecular weight is 363 g/mol. The highest BCUT2D eigenvalue weighted by Crippen LogP contribution is 2.22. The molecule has 8 heteroatoms. The van der Waals surface area contributed by atoms with Gasteiger partial charge in [0, 0.05) is 6.07 Å². The highest BCUT2D eigenvalue weighted by Gasteiger charge is 2.12. The fourth-order valence-electron chi connectivity index (χ4n) is 2.06. The van der Waals surface area contributed by atoms with E-state index in [0.29, 0.717) is 17.5 Å². The van der Waals surface area contributed by atoms with Crippen molar-refractivity contribution >= 4 is 23.2 Å². The van der Waals surface area contributed by atoms with Gasteiger partial charge >= 0.3 is 0 Å². The molecular formula is C16H12Cl2N4O2. The predicted molar refractivity (Wildman–Crippen MR) is 91.4 cm³/mol. The lowest BCUT2D eigenvalue weighted by molar-refractivity contribution is 0.458. The lowest BCUT2D eigenvalue weighted by atomic mass is 10.2. The minimum atomic E-state index is -0.566. The topological polar surface area (TPSA) is 69.9 Å². The van der Waals surface area contributed by atoms with Crippen molar-refractivity contribution in [3.05, 3.63) is 68.3 Å². The summed E-state index contributed by atoms with van der Waals surface area (Å²) in [5, 5.41) is 3.92. The monoisotopic (exact) mass is 362 g/mol. The van der Waals surface area contributed by atoms with Gasteiger partial charge in [-0.3, -0.25) is 4.79 Å². The third-order valence-electron chi connectivity index (χ3n) is 3.11. The van der Waals surface area contributed by atoms with Crippen LogP contribution in [-0.2, 0) is 0 Å². The Hall–Kier alpha value is -2.44. The molecule has 0 spiro atoms. The summed E-state index contributed by atoms with van der Waals surface area (Å²) in [6.45, 7) is 3.65. The Balaban J connectivity index is 2.04. The van der Waals surface area contributed by atoms with E-state index in [1.807, 2.05) is 31.2 Å². The van der Waals surface area contributed by atoms with Gasteiger partial charge < -0.3 is 4.74 Å². The Labute approximate surface area is 147 Å². The van der Waals surface area contributed by atoms with Crippen molar-refractivity contribution in [2.24, 2.45) is 0 Å². The summed E-state index contributed by atoms with van der Waals surface area (Å²) in [5.41, 5.74) is 0.490. The number of aryl methyl sites for hydroxylation is 2. The molecule has 0 fully saturated rings. The van der Waals surface area contributed by atoms with E-state index in [1.165, 1.54) is 12.3 Å². The number of aromatic nitrogens is 4. The molecule has 0 amide bonds. The Morgan fingerprint density at radius 2 is 1.92 bits per heavy atom. The Morgan fingerprint density at radius 3 is 2.67 bits per heavy atom. The molecule has 0 aliphatic carbocycles. The zero-order valence-corrected chi connectivity index (χ0v) is 14.3. The number of benzene rings is 1. The molecule has 2 heterocycles. The average Bonchev–Trinajstić information content (AvgIpc) is 2.52. The molecule has 24 heavy (non-hydrogen) atoms. The van der Waals surface area contributed by atoms with E-state index in [4.69, 9.17) is 27.9 Å². The van der Waals surface area contributed by atoms with Crippen LogP contribution in [0.4, 0.5) is 0 Å². The Bertz CT molecular complexity index is 973. The van der Waals surface area contributed by atoms with Crippen molar-refractivity contribution in [2.75, 3.05) is 0 Å². The second kappa shape index (κ2) is 6.59. The van der Waals surface area contributed by atoms with E-state index < -0.39 is 5.56 Å². The van der Waals surface area contributed by atoms with Crippen LogP contribution in [0.1, 0.15) is 11.4 Å². The number of ether oxygens (including phenoxy) is 1. The van der Waals surface area contributed by atoms with Gasteiger partial charge in [0.25, 0.3) is 5.56 Å². The van der Waals surface area contributed by atoms with Crippen LogP contribution < -0.4 is 10.3 Å². The molecule has 0 bridgehead atoms. The van der Waals surface area contributed by atoms with Crippen LogP contribution in [0.25, 0.3) is 5.82 Å². The van der Waals surface area contributed by atoms with Crippen molar-refractivity contribution < 1.29 is 4.74 Å². The predicted octanol–water partition coefficient (Wildman–Crippen LogP) is 3.74. The second-order valence-electron chi connectivity index (χ2n) is 5.05. The van der Waals surface area contributed by atoms with Crippen LogP contribution in [0.3, 0.4) is 0 Å². The minimum Gasteiger partial charge on any atom is -0.439 e. The molecule has 122 valence electrons. The zero-order valence-electron chi connectivity index (χ0n) is 12.8. The molecule has 0 saturated heterocycles. The maximum atomic E-state index is 12.2. The lowest BCUT2D eigenvalue weighted by Crippen LogP contribution is -2.22. The molecular weight excluding hydrogens is 351 g/mol. The molecule has 3 aromatic rings. The van der Waals surface area contributed by atoms with Crippen molar-refractivity contribution in [2.45, 2.75) is 13.8 Å². The van der Waals surface area contributed by atoms with Gasteiger partial charge in [0.15, 0.2) is 5.82 Å². The summed E-state index contributed by atoms with van der Waals surface area (Å²) in [6.07, 6.45) is 1.28. The second-order valence-corrected chi connectivity index (χ2v) is 5.84. The molecule has 0 saturated carbocycles. The summed E-state index contributed by atoms with van der Waals surface area (Å²) in [6, 6.07) is 9.04. The maximum Gasteiger partial charge on any atom is 0.293 e. The SMILES string of the molecule is Cc1cccc(Oc2cc(-n3ncc(Cl)c(Cl)c3=O)nc(C)n2)c1. The zero-order chi connectivity index (χ0) is 17.3. The van der Waals surface area contributed by atoms with E-state index in [2.05, 4.69) is 15.1 Å². The standard InChI is InChI=1S/C16H12Cl2N4O2/c1-9-4-3-5-11(6-9)24-14-7-13(20-10(2)21-14)22-16(23)15(18)12(17)8-19-22/h3-8H,1-2H3. The van der Waals surface area contributed by atoms with Crippen LogP contribution in [0.5, 0.6) is 11.6 Å². The fourth-order valence-corrected chi connectivity index (χ4v) is 2.31. The van der Waals surface area contributed by atoms with E-state index in [-0.39, 0.29) is 15.9 Å². The highest BCUT2D eigenvalue weighted by molar-refractivity contribution is 6.41. The molecule has 1 aromatic carbocycles. The van der Waals surface area contributed by atoms with E-state index in [1.54, 1.807) is 6.92 Å². The number of nitrogens with zero attached hydrogens (tertiary/aromatic N) is 4. The summed E-state index contributed by atoms with van der Waals surface area (Å²) in [7, 11) is 0. The molecule has 0 N–H and O–H groups in total. The van der Waals surface area contributed by atoms with Crippen molar-refractivity contribution in [1.29, 1.82) is 0 Å². The molecule has 0 radical (unpaired) electrons. The van der Waals surface area contributed by atoms with Crippen molar-refractivity contribution in [3.8, 4) is 17.4 Å². The molecule has 3 rings (SSSR count). The van der Waals surface area contributed by atoms with Crippen LogP contribution >= 0.6 is 23.2 Å². The van der Waals surface area contributed by atoms with Gasteiger partial charge in [-0.15, -0.1) is 0 Å². The van der Waals surface area contributed by atoms with Gasteiger partial charge in [0.05, 0.1) is 11.2 Å². The summed E-state index contributed by atoms with van der Waals surface area (Å²) < 4.78 is 6.79. The first-order chi connectivity index (χ1) is 11.4. The molecule has 0 aliphatic heterocycles. The molecule has 0 unspecified atom stereocenters. The highest BCUT2D eigenvalue weighted by atomic mass is 35.5. The number of hydrogen-bond donors (Lipinski definition) is 0. The summed E-state index contributed by atoms with van der Waals surface area (Å²) in [4.78, 5) is 20.6. The smallest absolute Gasteiger partial charge is 0.293 e. The third kappa shape index (κ3) is 3.39. The number of hydrogen-bond acceptors (Lipinski definition) is 5. The van der Waals surface area contributed by atoms with Gasteiger partial charge in [0.1, 0.15) is 16.6 Å². The Morgan fingerprint density at radius 1 is 1.12 bits per heavy atom. The van der Waals surface area contributed by atoms with Gasteiger partial charge in [-0.25, -0.2) is 4.98 Å². The van der Waals surface area contributed by atoms with E-state index in [9.17, 15) is 4.79 Å². The largest absolute Gasteiger partial charge is 0.439 e. The lowest BCUT2D eigenvalue weighted by Gasteiger charge is -2.09. The quantitative estimate of drug-likeness (QED) is 0.709. The van der Waals surface area contributed by atoms with Crippen LogP contribution in [-0.4, -0.2) is 19.7 Å². The maximum absolute atomic E-state index is 12.2. The minimum absolute atomic E-state index is 0.0833. The summed E-state index contributed by atoms with van der Waals surface area (Å²) >= 11 is 11.7. The first-order valence-electron chi connectivity index (χ1n) is 6.98. The van der Waals surface area contributed by atoms with Crippen LogP contribution in [0.15, 0.2) is 41.3 Å². The first kappa shape index (κ1) is 16.4. The Kier molecular flexibility index (Phi) is 4.51. The van der Waals surface area contributed by atoms with Gasteiger partial charge in [-0.05, 0) is 31.5 Å². The van der Waals surface area contributed by atoms with Crippen LogP contribution in [0, 0.1) is 13.8 Å². The fraction of sp³-hybridized carbons (Fsp3) is 0.125. The molecule has 6 nitrogen and oxygen atoms in total. The summed E-state index contributed by atoms with van der Waals surface area (Å²) in [5.74, 6) is 1.60. The van der Waals surface area contributed by atoms with Gasteiger partial charge in [-0.2, -0.15) is 14.8 Å². The first-order valence-corrected chi connectivity index (χ1v) is 7.73.